The van der Waals surface area contributed by atoms with Crippen LogP contribution in [0.1, 0.15) is 52.9 Å². The van der Waals surface area contributed by atoms with Gasteiger partial charge in [0.2, 0.25) is 5.88 Å². The first kappa shape index (κ1) is 20.0. The van der Waals surface area contributed by atoms with Gasteiger partial charge in [-0.25, -0.2) is 15.0 Å². The van der Waals surface area contributed by atoms with Crippen LogP contribution in [0, 0.1) is 13.8 Å². The van der Waals surface area contributed by atoms with Gasteiger partial charge in [-0.15, -0.1) is 11.8 Å². The third-order valence-electron chi connectivity index (χ3n) is 6.15. The Balaban J connectivity index is 1.42. The molecule has 158 valence electrons. The molecule has 1 aromatic carbocycles. The highest BCUT2D eigenvalue weighted by Crippen LogP contribution is 2.44. The zero-order chi connectivity index (χ0) is 21.5. The van der Waals surface area contributed by atoms with Crippen LogP contribution in [0.25, 0.3) is 11.1 Å². The maximum atomic E-state index is 11.1. The topological polar surface area (TPSA) is 85.2 Å². The highest BCUT2D eigenvalue weighted by molar-refractivity contribution is 7.99. The van der Waals surface area contributed by atoms with Gasteiger partial charge in [0, 0.05) is 45.8 Å². The minimum atomic E-state index is -0.772. The van der Waals surface area contributed by atoms with Crippen LogP contribution >= 0.6 is 11.8 Å². The smallest absolute Gasteiger partial charge is 0.303 e. The number of rotatable bonds is 5. The second kappa shape index (κ2) is 7.96. The van der Waals surface area contributed by atoms with E-state index >= 15 is 0 Å². The lowest BCUT2D eigenvalue weighted by Crippen LogP contribution is -2.07. The number of benzene rings is 1. The standard InChI is InChI=1S/C24H23N3O3S/c1-13-24(14(2)27-12-26-13)18-5-3-4-17-16(18)6-7-20(17)30-22-9-21-19(10-25-22)15(11-31-21)8-23(28)29/h3-5,9-10,12,15,20H,6-8,11H2,1-2H3,(H,28,29)/t15-,20?/m1/s1. The fourth-order valence-corrected chi connectivity index (χ4v) is 5.94. The van der Waals surface area contributed by atoms with E-state index in [4.69, 9.17) is 9.84 Å². The molecule has 0 saturated heterocycles. The monoisotopic (exact) mass is 433 g/mol. The Bertz CT molecular complexity index is 1160. The zero-order valence-electron chi connectivity index (χ0n) is 17.5. The quantitative estimate of drug-likeness (QED) is 0.613. The van der Waals surface area contributed by atoms with Crippen LogP contribution in [-0.2, 0) is 11.2 Å². The first-order chi connectivity index (χ1) is 15.0. The van der Waals surface area contributed by atoms with E-state index < -0.39 is 5.97 Å². The Morgan fingerprint density at radius 1 is 1.19 bits per heavy atom. The number of ether oxygens (including phenoxy) is 1. The first-order valence-electron chi connectivity index (χ1n) is 10.4. The molecule has 1 aliphatic carbocycles. The number of carboxylic acids is 1. The molecule has 0 spiro atoms. The molecule has 31 heavy (non-hydrogen) atoms. The average molecular weight is 434 g/mol. The van der Waals surface area contributed by atoms with Gasteiger partial charge in [-0.2, -0.15) is 0 Å². The predicted molar refractivity (Wildman–Crippen MR) is 119 cm³/mol. The number of hydrogen-bond donors (Lipinski definition) is 1. The number of pyridine rings is 1. The Hall–Kier alpha value is -2.93. The number of hydrogen-bond acceptors (Lipinski definition) is 6. The normalized spacial score (nSPS) is 19.2. The zero-order valence-corrected chi connectivity index (χ0v) is 18.3. The van der Waals surface area contributed by atoms with Crippen molar-refractivity contribution in [3.8, 4) is 17.0 Å². The maximum absolute atomic E-state index is 11.1. The van der Waals surface area contributed by atoms with E-state index in [2.05, 4.69) is 33.2 Å². The number of aryl methyl sites for hydroxylation is 2. The minimum absolute atomic E-state index is 0.0217. The van der Waals surface area contributed by atoms with Gasteiger partial charge in [0.05, 0.1) is 6.42 Å². The van der Waals surface area contributed by atoms with Crippen LogP contribution in [0.5, 0.6) is 5.88 Å². The van der Waals surface area contributed by atoms with E-state index in [1.54, 1.807) is 24.3 Å². The second-order valence-electron chi connectivity index (χ2n) is 8.10. The van der Waals surface area contributed by atoms with Crippen LogP contribution in [-0.4, -0.2) is 31.8 Å². The Morgan fingerprint density at radius 3 is 2.77 bits per heavy atom. The highest BCUT2D eigenvalue weighted by atomic mass is 32.2. The minimum Gasteiger partial charge on any atom is -0.481 e. The van der Waals surface area contributed by atoms with E-state index in [-0.39, 0.29) is 18.4 Å². The molecule has 3 aromatic rings. The van der Waals surface area contributed by atoms with E-state index in [0.29, 0.717) is 5.88 Å². The average Bonchev–Trinajstić information content (AvgIpc) is 3.32. The first-order valence-corrected chi connectivity index (χ1v) is 11.4. The molecule has 0 amide bonds. The maximum Gasteiger partial charge on any atom is 0.303 e. The van der Waals surface area contributed by atoms with Crippen molar-refractivity contribution >= 4 is 17.7 Å². The molecule has 2 aliphatic rings. The van der Waals surface area contributed by atoms with Crippen LogP contribution in [0.15, 0.2) is 41.7 Å². The fourth-order valence-electron chi connectivity index (χ4n) is 4.69. The molecular weight excluding hydrogens is 410 g/mol. The van der Waals surface area contributed by atoms with E-state index in [1.807, 2.05) is 19.9 Å². The lowest BCUT2D eigenvalue weighted by Gasteiger charge is -2.17. The summed E-state index contributed by atoms with van der Waals surface area (Å²) < 4.78 is 6.32. The summed E-state index contributed by atoms with van der Waals surface area (Å²) in [5, 5.41) is 9.11. The molecule has 3 heterocycles. The molecular formula is C24H23N3O3S. The summed E-state index contributed by atoms with van der Waals surface area (Å²) in [5.41, 5.74) is 7.77. The number of nitrogens with zero attached hydrogens (tertiary/aromatic N) is 3. The predicted octanol–water partition coefficient (Wildman–Crippen LogP) is 4.89. The molecule has 7 heteroatoms. The summed E-state index contributed by atoms with van der Waals surface area (Å²) in [5.74, 6) is 0.626. The van der Waals surface area contributed by atoms with Crippen molar-refractivity contribution in [2.45, 2.75) is 50.0 Å². The van der Waals surface area contributed by atoms with E-state index in [9.17, 15) is 4.79 Å². The number of carbonyl (C=O) groups is 1. The number of aliphatic carboxylic acids is 1. The van der Waals surface area contributed by atoms with E-state index in [0.717, 1.165) is 46.0 Å². The summed E-state index contributed by atoms with van der Waals surface area (Å²) in [7, 11) is 0. The Morgan fingerprint density at radius 2 is 2.00 bits per heavy atom. The van der Waals surface area contributed by atoms with Crippen molar-refractivity contribution in [3.05, 3.63) is 64.9 Å². The van der Waals surface area contributed by atoms with Gasteiger partial charge >= 0.3 is 5.97 Å². The highest BCUT2D eigenvalue weighted by Gasteiger charge is 2.30. The van der Waals surface area contributed by atoms with Crippen molar-refractivity contribution in [3.63, 3.8) is 0 Å². The third-order valence-corrected chi connectivity index (χ3v) is 7.38. The number of fused-ring (bicyclic) bond motifs is 2. The van der Waals surface area contributed by atoms with Crippen molar-refractivity contribution in [1.82, 2.24) is 15.0 Å². The van der Waals surface area contributed by atoms with Gasteiger partial charge in [0.1, 0.15) is 12.4 Å². The Labute approximate surface area is 185 Å². The largest absolute Gasteiger partial charge is 0.481 e. The molecule has 0 saturated carbocycles. The van der Waals surface area contributed by atoms with Crippen LogP contribution in [0.2, 0.25) is 0 Å². The van der Waals surface area contributed by atoms with Crippen LogP contribution in [0.3, 0.4) is 0 Å². The molecule has 0 radical (unpaired) electrons. The van der Waals surface area contributed by atoms with Gasteiger partial charge in [0.15, 0.2) is 0 Å². The van der Waals surface area contributed by atoms with Gasteiger partial charge in [-0.3, -0.25) is 4.79 Å². The summed E-state index contributed by atoms with van der Waals surface area (Å²) in [6.45, 7) is 4.05. The fraction of sp³-hybridized carbons (Fsp3) is 0.333. The van der Waals surface area contributed by atoms with Crippen molar-refractivity contribution in [2.75, 3.05) is 5.75 Å². The molecule has 5 rings (SSSR count). The van der Waals surface area contributed by atoms with Crippen LogP contribution < -0.4 is 4.74 Å². The third kappa shape index (κ3) is 3.67. The van der Waals surface area contributed by atoms with Gasteiger partial charge in [-0.1, -0.05) is 18.2 Å². The van der Waals surface area contributed by atoms with Gasteiger partial charge in [-0.05, 0) is 48.9 Å². The molecule has 2 aromatic heterocycles. The van der Waals surface area contributed by atoms with Crippen molar-refractivity contribution < 1.29 is 14.6 Å². The molecule has 1 N–H and O–H groups in total. The number of thioether (sulfide) groups is 1. The van der Waals surface area contributed by atoms with Crippen molar-refractivity contribution in [2.24, 2.45) is 0 Å². The van der Waals surface area contributed by atoms with Crippen molar-refractivity contribution in [1.29, 1.82) is 0 Å². The molecule has 1 unspecified atom stereocenters. The summed E-state index contributed by atoms with van der Waals surface area (Å²) in [4.78, 5) is 25.5. The molecule has 6 nitrogen and oxygen atoms in total. The number of carboxylic acid groups (broad SMARTS) is 1. The van der Waals surface area contributed by atoms with Gasteiger partial charge < -0.3 is 9.84 Å². The molecule has 0 bridgehead atoms. The number of aromatic nitrogens is 3. The SMILES string of the molecule is Cc1ncnc(C)c1-c1cccc2c1CCC2Oc1cc2c(cn1)[C@H](CC(=O)O)CS2. The van der Waals surface area contributed by atoms with Gasteiger partial charge in [0.25, 0.3) is 0 Å². The Kier molecular flexibility index (Phi) is 5.14. The molecule has 2 atom stereocenters. The lowest BCUT2D eigenvalue weighted by atomic mass is 9.95. The lowest BCUT2D eigenvalue weighted by molar-refractivity contribution is -0.137. The molecule has 0 fully saturated rings. The summed E-state index contributed by atoms with van der Waals surface area (Å²) in [6, 6.07) is 8.32. The van der Waals surface area contributed by atoms with E-state index in [1.165, 1.54) is 16.7 Å². The summed E-state index contributed by atoms with van der Waals surface area (Å²) >= 11 is 1.68. The van der Waals surface area contributed by atoms with Crippen LogP contribution in [0.4, 0.5) is 0 Å². The molecule has 1 aliphatic heterocycles. The summed E-state index contributed by atoms with van der Waals surface area (Å²) in [6.07, 6.45) is 5.32. The second-order valence-corrected chi connectivity index (χ2v) is 9.17.